The fraction of sp³-hybridized carbons (Fsp3) is 0.250. The minimum Gasteiger partial charge on any atom is -0.378 e. The molecular weight excluding hydrogens is 1870 g/mol. The number of amides is 10. The molecule has 6 aromatic heterocycles. The zero-order chi connectivity index (χ0) is 105. The molecule has 1 saturated heterocycles. The van der Waals surface area contributed by atoms with E-state index in [-0.39, 0.29) is 69.4 Å². The number of rotatable bonds is 25. The summed E-state index contributed by atoms with van der Waals surface area (Å²) in [4.78, 5) is 194. The number of Topliss-reactive ketones (excluding diaryl/α,β-unsaturated/α-hetero) is 5. The molecule has 0 radical (unpaired) electrons. The molecule has 7 heterocycles. The number of terminal acetylenes is 1. The zero-order valence-corrected chi connectivity index (χ0v) is 83.3. The van der Waals surface area contributed by atoms with Crippen molar-refractivity contribution >= 4 is 150 Å². The highest BCUT2D eigenvalue weighted by atomic mass is 35.5. The van der Waals surface area contributed by atoms with Gasteiger partial charge in [-0.05, 0) is 232 Å². The van der Waals surface area contributed by atoms with Crippen molar-refractivity contribution in [3.63, 3.8) is 0 Å². The summed E-state index contributed by atoms with van der Waals surface area (Å²) >= 11 is 7.29. The SMILES string of the molecule is C#CCNC(=O)C(=O)c1c(C)c(C(=O)Nc2ccc(C)c(Cl)c2)n(C)c1C.C=CCNC(=O)C(=O)c1c(C)c(C(=O)Nc2ccc(C)c(F)c2)n(C)c1C.Cc1ccc(NC(=O)c2c(C)c(C(=O)C(=O)N3CCOCC3)c(C)n2C)cc1F.Cc1ccc(NC(=O)c2c(C)c(C(=O)C(=O)Nc3ccccc3)c(C)n2C)cc1F.Cc1ccc(NC(=O)c2c(C)c(C(=O)C(=O)Nc3nccs3)c(C)n2C)cc1F. The van der Waals surface area contributed by atoms with Crippen molar-refractivity contribution in [2.75, 3.05) is 76.6 Å². The highest BCUT2D eigenvalue weighted by molar-refractivity contribution is 7.13. The molecule has 0 saturated carbocycles. The summed E-state index contributed by atoms with van der Waals surface area (Å²) in [5.41, 5.74) is 11.6. The lowest BCUT2D eigenvalue weighted by Gasteiger charge is -2.26. The van der Waals surface area contributed by atoms with Gasteiger partial charge in [-0.15, -0.1) is 24.3 Å². The first-order valence-electron chi connectivity index (χ1n) is 43.9. The number of benzene rings is 6. The Bertz CT molecular complexity index is 7130. The number of para-hydroxylation sites is 1. The quantitative estimate of drug-likeness (QED) is 0.00843. The summed E-state index contributed by atoms with van der Waals surface area (Å²) in [5, 5.41) is 25.7. The number of carbonyl (C=O) groups is 15. The van der Waals surface area contributed by atoms with Gasteiger partial charge in [0.25, 0.3) is 88.0 Å². The Morgan fingerprint density at radius 2 is 0.690 bits per heavy atom. The van der Waals surface area contributed by atoms with Crippen LogP contribution in [-0.2, 0) is 63.9 Å². The molecule has 0 spiro atoms. The van der Waals surface area contributed by atoms with E-state index >= 15 is 0 Å². The van der Waals surface area contributed by atoms with Gasteiger partial charge in [0, 0.05) is 134 Å². The van der Waals surface area contributed by atoms with Crippen molar-refractivity contribution in [1.82, 2.24) is 43.4 Å². The molecule has 12 aromatic rings. The van der Waals surface area contributed by atoms with Crippen molar-refractivity contribution < 1.29 is 94.2 Å². The fourth-order valence-corrected chi connectivity index (χ4v) is 16.3. The van der Waals surface area contributed by atoms with Crippen molar-refractivity contribution in [2.45, 2.75) is 104 Å². The third-order valence-electron chi connectivity index (χ3n) is 23.8. The Hall–Kier alpha value is -16.3. The van der Waals surface area contributed by atoms with E-state index in [9.17, 15) is 89.5 Å². The maximum atomic E-state index is 13.8. The van der Waals surface area contributed by atoms with Crippen LogP contribution in [-0.4, -0.2) is 160 Å². The predicted molar refractivity (Wildman–Crippen MR) is 535 cm³/mol. The third kappa shape index (κ3) is 25.2. The highest BCUT2D eigenvalue weighted by Gasteiger charge is 2.36. The van der Waals surface area contributed by atoms with Crippen LogP contribution in [0.25, 0.3) is 0 Å². The van der Waals surface area contributed by atoms with Crippen LogP contribution in [0.5, 0.6) is 0 Å². The van der Waals surface area contributed by atoms with Crippen molar-refractivity contribution in [2.24, 2.45) is 35.2 Å². The van der Waals surface area contributed by atoms with E-state index in [4.69, 9.17) is 22.8 Å². The second-order valence-electron chi connectivity index (χ2n) is 33.1. The second-order valence-corrected chi connectivity index (χ2v) is 34.4. The summed E-state index contributed by atoms with van der Waals surface area (Å²) in [6.45, 7) is 29.9. The van der Waals surface area contributed by atoms with Crippen LogP contribution in [0.4, 0.5) is 56.8 Å². The van der Waals surface area contributed by atoms with Gasteiger partial charge in [0.15, 0.2) is 5.13 Å². The Balaban J connectivity index is 0.000000198. The number of thiazole rings is 1. The Morgan fingerprint density at radius 1 is 0.394 bits per heavy atom. The molecule has 740 valence electrons. The van der Waals surface area contributed by atoms with Gasteiger partial charge in [-0.1, -0.05) is 72.1 Å². The average molecular weight is 1980 g/mol. The molecule has 1 aliphatic heterocycles. The normalized spacial score (nSPS) is 11.2. The van der Waals surface area contributed by atoms with E-state index in [0.717, 1.165) is 5.56 Å². The highest BCUT2D eigenvalue weighted by Crippen LogP contribution is 2.32. The van der Waals surface area contributed by atoms with E-state index in [1.807, 2.05) is 6.92 Å². The van der Waals surface area contributed by atoms with E-state index in [2.05, 4.69) is 65.3 Å². The lowest BCUT2D eigenvalue weighted by atomic mass is 10.0. The first-order chi connectivity index (χ1) is 67.0. The van der Waals surface area contributed by atoms with Crippen LogP contribution >= 0.6 is 22.9 Å². The van der Waals surface area contributed by atoms with Gasteiger partial charge in [0.1, 0.15) is 51.7 Å². The number of aryl methyl sites for hydroxylation is 5. The first-order valence-corrected chi connectivity index (χ1v) is 45.2. The molecule has 1 fully saturated rings. The molecule has 9 N–H and O–H groups in total. The van der Waals surface area contributed by atoms with Gasteiger partial charge in [-0.25, -0.2) is 22.5 Å². The van der Waals surface area contributed by atoms with E-state index in [1.165, 1.54) is 52.8 Å². The molecule has 6 aromatic carbocycles. The third-order valence-corrected chi connectivity index (χ3v) is 24.9. The molecule has 0 unspecified atom stereocenters. The molecular formula is C104H107ClF4N16O16S. The van der Waals surface area contributed by atoms with Gasteiger partial charge >= 0.3 is 0 Å². The van der Waals surface area contributed by atoms with Crippen LogP contribution in [0.1, 0.15) is 188 Å². The summed E-state index contributed by atoms with van der Waals surface area (Å²) in [5.74, 6) is -9.21. The number of morpholine rings is 1. The minimum absolute atomic E-state index is 0.0446. The Labute approximate surface area is 825 Å². The van der Waals surface area contributed by atoms with Crippen LogP contribution in [0, 0.1) is 139 Å². The lowest BCUT2D eigenvalue weighted by molar-refractivity contribution is -0.130. The average Bonchev–Trinajstić information content (AvgIpc) is 1.65. The molecule has 32 nitrogen and oxygen atoms in total. The topological polar surface area (TPSA) is 414 Å². The van der Waals surface area contributed by atoms with Crippen LogP contribution in [0.3, 0.4) is 0 Å². The van der Waals surface area contributed by atoms with Gasteiger partial charge in [-0.3, -0.25) is 77.2 Å². The van der Waals surface area contributed by atoms with Crippen LogP contribution in [0.15, 0.2) is 146 Å². The number of carbonyl (C=O) groups excluding carboxylic acids is 15. The molecule has 13 rings (SSSR count). The standard InChI is InChI=1S/C23H22FN3O3.C21H24FN3O4.C20H20ClN3O3.C20H19FN4O3S.C20H22FN3O3/c1-13-10-11-17(12-18(13)24)26-22(29)20-14(2)19(15(3)27(20)4)21(28)23(30)25-16-8-6-5-7-9-16;1-12-5-6-15(11-16(12)22)23-20(27)18-13(2)17(14(3)24(18)4)19(26)21(28)25-7-9-29-10-8-25;1-6-9-22-20(27)18(25)16-12(3)17(24(5)13(16)4)19(26)23-14-8-7-11(2)15(21)10-14;1-10-5-6-13(9-14(10)21)23-18(27)16-11(2)15(12(3)25(16)4)17(26)19(28)24-20-22-7-8-29-20;1-6-9-22-20(27)18(25)16-12(3)17(24(5)13(16)4)19(26)23-14-8-7-11(2)15(21)10-14/h5-12H,1-4H3,(H,25,30)(H,26,29);5-6,11H,7-10H2,1-4H3,(H,23,27);1,7-8,10H,9H2,2-5H3,(H,22,27)(H,23,26);5-9H,1-4H3,(H,23,27)(H,22,24,28);6-8,10H,1,9H2,2-5H3,(H,22,27)(H,23,26). The monoisotopic (exact) mass is 1980 g/mol. The van der Waals surface area contributed by atoms with Crippen molar-refractivity contribution in [3.05, 3.63) is 314 Å². The van der Waals surface area contributed by atoms with Gasteiger partial charge < -0.3 is 75.0 Å². The first kappa shape index (κ1) is 109. The number of ketones is 5. The van der Waals surface area contributed by atoms with Crippen LogP contribution < -0.4 is 47.9 Å². The van der Waals surface area contributed by atoms with E-state index in [1.54, 1.807) is 257 Å². The number of anilines is 7. The molecule has 1 aliphatic rings. The molecule has 0 atom stereocenters. The smallest absolute Gasteiger partial charge is 0.298 e. The number of hydrogen-bond acceptors (Lipinski definition) is 18. The van der Waals surface area contributed by atoms with Gasteiger partial charge in [0.2, 0.25) is 0 Å². The summed E-state index contributed by atoms with van der Waals surface area (Å²) in [7, 11) is 8.21. The fourth-order valence-electron chi connectivity index (χ4n) is 15.6. The molecule has 0 bridgehead atoms. The van der Waals surface area contributed by atoms with Gasteiger partial charge in [0.05, 0.1) is 47.6 Å². The predicted octanol–water partition coefficient (Wildman–Crippen LogP) is 15.8. The zero-order valence-electron chi connectivity index (χ0n) is 81.8. The second kappa shape index (κ2) is 47.8. The minimum atomic E-state index is -0.829. The summed E-state index contributed by atoms with van der Waals surface area (Å²) in [6.07, 6.45) is 8.08. The molecule has 142 heavy (non-hydrogen) atoms. The number of halogens is 5. The number of nitrogens with one attached hydrogen (secondary N) is 9. The molecule has 0 aliphatic carbocycles. The summed E-state index contributed by atoms with van der Waals surface area (Å²) < 4.78 is 68.1. The Kier molecular flexibility index (Phi) is 36.8. The number of aromatic nitrogens is 6. The summed E-state index contributed by atoms with van der Waals surface area (Å²) in [6, 6.07) is 31.4. The van der Waals surface area contributed by atoms with Crippen molar-refractivity contribution in [3.8, 4) is 12.3 Å². The van der Waals surface area contributed by atoms with Crippen molar-refractivity contribution in [1.29, 1.82) is 0 Å². The van der Waals surface area contributed by atoms with E-state index in [0.29, 0.717) is 149 Å². The lowest BCUT2D eigenvalue weighted by Crippen LogP contribution is -2.44. The molecule has 38 heteroatoms. The van der Waals surface area contributed by atoms with E-state index < -0.39 is 111 Å². The largest absolute Gasteiger partial charge is 0.378 e. The Morgan fingerprint density at radius 3 is 0.986 bits per heavy atom. The maximum Gasteiger partial charge on any atom is 0.298 e. The molecule has 10 amide bonds. The number of ether oxygens (including phenoxy) is 1. The number of hydrogen-bond donors (Lipinski definition) is 9. The number of nitrogens with zero attached hydrogens (tertiary/aromatic N) is 7. The van der Waals surface area contributed by atoms with Gasteiger partial charge in [-0.2, -0.15) is 0 Å². The maximum absolute atomic E-state index is 13.8. The van der Waals surface area contributed by atoms with Crippen LogP contribution in [0.2, 0.25) is 5.02 Å².